The zero-order valence-corrected chi connectivity index (χ0v) is 17.9. The van der Waals surface area contributed by atoms with Gasteiger partial charge in [0.2, 0.25) is 5.89 Å². The van der Waals surface area contributed by atoms with E-state index in [9.17, 15) is 0 Å². The minimum atomic E-state index is 0.283. The first-order valence-electron chi connectivity index (χ1n) is 11.0. The lowest BCUT2D eigenvalue weighted by molar-refractivity contribution is 0.105. The van der Waals surface area contributed by atoms with Crippen LogP contribution in [0.2, 0.25) is 0 Å². The van der Waals surface area contributed by atoms with Gasteiger partial charge in [-0.05, 0) is 62.0 Å². The average molecular weight is 397 g/mol. The molecule has 1 spiro atoms. The monoisotopic (exact) mass is 396 g/mol. The number of ether oxygens (including phenoxy) is 1. The van der Waals surface area contributed by atoms with E-state index in [2.05, 4.69) is 59.0 Å². The third-order valence-electron chi connectivity index (χ3n) is 7.07. The summed E-state index contributed by atoms with van der Waals surface area (Å²) in [4.78, 5) is 9.73. The standard InChI is InChI=1S/C23H32N4O2/c1-16(2)22-24-21(25-29-22)19-13-23(15-26(19)3)7-9-27(10-8-23)14-17-4-5-20-18(12-17)6-11-28-20/h4-5,12,16,19H,6-11,13-15H2,1-3H3. The van der Waals surface area contributed by atoms with Crippen molar-refractivity contribution >= 4 is 0 Å². The van der Waals surface area contributed by atoms with Gasteiger partial charge in [0.15, 0.2) is 5.82 Å². The zero-order chi connectivity index (χ0) is 20.0. The summed E-state index contributed by atoms with van der Waals surface area (Å²) in [6, 6.07) is 7.01. The number of likely N-dealkylation sites (tertiary alicyclic amines) is 2. The molecule has 0 radical (unpaired) electrons. The van der Waals surface area contributed by atoms with Gasteiger partial charge in [-0.3, -0.25) is 9.80 Å². The lowest BCUT2D eigenvalue weighted by Crippen LogP contribution is -2.40. The van der Waals surface area contributed by atoms with Crippen molar-refractivity contribution in [3.63, 3.8) is 0 Å². The van der Waals surface area contributed by atoms with E-state index in [1.807, 2.05) is 0 Å². The number of rotatable bonds is 4. The molecule has 1 unspecified atom stereocenters. The molecule has 0 bridgehead atoms. The van der Waals surface area contributed by atoms with Crippen molar-refractivity contribution in [3.8, 4) is 5.75 Å². The van der Waals surface area contributed by atoms with Crippen LogP contribution < -0.4 is 4.74 Å². The van der Waals surface area contributed by atoms with E-state index in [4.69, 9.17) is 9.26 Å². The van der Waals surface area contributed by atoms with Crippen molar-refractivity contribution < 1.29 is 9.26 Å². The number of hydrogen-bond acceptors (Lipinski definition) is 6. The van der Waals surface area contributed by atoms with Crippen LogP contribution in [0.15, 0.2) is 22.7 Å². The number of aromatic nitrogens is 2. The van der Waals surface area contributed by atoms with Gasteiger partial charge >= 0.3 is 0 Å². The van der Waals surface area contributed by atoms with E-state index in [0.29, 0.717) is 5.41 Å². The maximum atomic E-state index is 5.64. The Kier molecular flexibility index (Phi) is 4.87. The first-order chi connectivity index (χ1) is 14.0. The molecule has 6 nitrogen and oxygen atoms in total. The number of nitrogens with zero attached hydrogens (tertiary/aromatic N) is 4. The van der Waals surface area contributed by atoms with Crippen LogP contribution in [0.25, 0.3) is 0 Å². The highest BCUT2D eigenvalue weighted by Gasteiger charge is 2.46. The summed E-state index contributed by atoms with van der Waals surface area (Å²) in [6.45, 7) is 9.54. The van der Waals surface area contributed by atoms with E-state index in [0.717, 1.165) is 63.1 Å². The molecule has 0 amide bonds. The number of piperidine rings is 1. The molecule has 4 heterocycles. The van der Waals surface area contributed by atoms with Crippen molar-refractivity contribution in [3.05, 3.63) is 41.0 Å². The molecule has 1 aromatic carbocycles. The fourth-order valence-electron chi connectivity index (χ4n) is 5.32. The van der Waals surface area contributed by atoms with Crippen molar-refractivity contribution in [2.24, 2.45) is 5.41 Å². The molecular formula is C23H32N4O2. The van der Waals surface area contributed by atoms with Gasteiger partial charge < -0.3 is 9.26 Å². The molecule has 5 rings (SSSR count). The molecule has 2 fully saturated rings. The van der Waals surface area contributed by atoms with Crippen LogP contribution in [0.5, 0.6) is 5.75 Å². The Labute approximate surface area is 173 Å². The molecule has 3 aliphatic heterocycles. The number of fused-ring (bicyclic) bond motifs is 1. The lowest BCUT2D eigenvalue weighted by Gasteiger charge is -2.39. The van der Waals surface area contributed by atoms with Crippen molar-refractivity contribution in [2.75, 3.05) is 33.3 Å². The third kappa shape index (κ3) is 3.68. The van der Waals surface area contributed by atoms with Gasteiger partial charge in [0.25, 0.3) is 0 Å². The number of benzene rings is 1. The maximum Gasteiger partial charge on any atom is 0.229 e. The first kappa shape index (κ1) is 19.1. The van der Waals surface area contributed by atoms with E-state index < -0.39 is 0 Å². The summed E-state index contributed by atoms with van der Waals surface area (Å²) >= 11 is 0. The van der Waals surface area contributed by atoms with Gasteiger partial charge in [-0.2, -0.15) is 4.98 Å². The Morgan fingerprint density at radius 3 is 2.83 bits per heavy atom. The molecule has 3 aliphatic rings. The minimum absolute atomic E-state index is 0.283. The van der Waals surface area contributed by atoms with Crippen LogP contribution in [-0.2, 0) is 13.0 Å². The average Bonchev–Trinajstić information content (AvgIpc) is 3.42. The Bertz CT molecular complexity index is 870. The Morgan fingerprint density at radius 1 is 1.24 bits per heavy atom. The molecule has 29 heavy (non-hydrogen) atoms. The molecule has 0 aliphatic carbocycles. The lowest BCUT2D eigenvalue weighted by atomic mass is 9.76. The fourth-order valence-corrected chi connectivity index (χ4v) is 5.32. The molecule has 0 saturated carbocycles. The molecule has 156 valence electrons. The van der Waals surface area contributed by atoms with Gasteiger partial charge in [-0.1, -0.05) is 31.1 Å². The predicted octanol–water partition coefficient (Wildman–Crippen LogP) is 3.79. The Balaban J connectivity index is 1.21. The van der Waals surface area contributed by atoms with Crippen LogP contribution in [0, 0.1) is 5.41 Å². The summed E-state index contributed by atoms with van der Waals surface area (Å²) in [5.41, 5.74) is 3.18. The van der Waals surface area contributed by atoms with Crippen molar-refractivity contribution in [2.45, 2.75) is 58.0 Å². The second kappa shape index (κ2) is 7.40. The Hall–Kier alpha value is -1.92. The van der Waals surface area contributed by atoms with Crippen LogP contribution in [0.1, 0.15) is 67.9 Å². The normalized spacial score (nSPS) is 24.3. The SMILES string of the molecule is CC(C)c1nc(C2CC3(CCN(Cc4ccc5c(c4)CCO5)CC3)CN2C)no1. The maximum absolute atomic E-state index is 5.64. The molecular weight excluding hydrogens is 364 g/mol. The van der Waals surface area contributed by atoms with E-state index in [1.165, 1.54) is 24.0 Å². The van der Waals surface area contributed by atoms with E-state index in [1.54, 1.807) is 0 Å². The van der Waals surface area contributed by atoms with Crippen LogP contribution in [-0.4, -0.2) is 53.2 Å². The summed E-state index contributed by atoms with van der Waals surface area (Å²) in [6.07, 6.45) is 4.69. The smallest absolute Gasteiger partial charge is 0.229 e. The first-order valence-corrected chi connectivity index (χ1v) is 11.0. The largest absolute Gasteiger partial charge is 0.493 e. The summed E-state index contributed by atoms with van der Waals surface area (Å²) in [5, 5.41) is 4.30. The Morgan fingerprint density at radius 2 is 2.07 bits per heavy atom. The molecule has 2 aromatic rings. The van der Waals surface area contributed by atoms with Gasteiger partial charge in [0.1, 0.15) is 5.75 Å². The summed E-state index contributed by atoms with van der Waals surface area (Å²) in [7, 11) is 2.21. The highest BCUT2D eigenvalue weighted by molar-refractivity contribution is 5.39. The minimum Gasteiger partial charge on any atom is -0.493 e. The van der Waals surface area contributed by atoms with Gasteiger partial charge in [0.05, 0.1) is 12.6 Å². The van der Waals surface area contributed by atoms with Crippen LogP contribution in [0.4, 0.5) is 0 Å². The second-order valence-corrected chi connectivity index (χ2v) is 9.60. The highest BCUT2D eigenvalue weighted by atomic mass is 16.5. The highest BCUT2D eigenvalue weighted by Crippen LogP contribution is 2.48. The molecule has 6 heteroatoms. The van der Waals surface area contributed by atoms with E-state index in [-0.39, 0.29) is 12.0 Å². The van der Waals surface area contributed by atoms with Crippen molar-refractivity contribution in [1.82, 2.24) is 19.9 Å². The third-order valence-corrected chi connectivity index (χ3v) is 7.07. The molecule has 1 aromatic heterocycles. The van der Waals surface area contributed by atoms with Crippen LogP contribution in [0.3, 0.4) is 0 Å². The van der Waals surface area contributed by atoms with E-state index >= 15 is 0 Å². The predicted molar refractivity (Wildman–Crippen MR) is 111 cm³/mol. The molecule has 1 atom stereocenters. The topological polar surface area (TPSA) is 54.6 Å². The zero-order valence-electron chi connectivity index (χ0n) is 17.9. The molecule has 2 saturated heterocycles. The van der Waals surface area contributed by atoms with Gasteiger partial charge in [-0.15, -0.1) is 0 Å². The fraction of sp³-hybridized carbons (Fsp3) is 0.652. The number of hydrogen-bond donors (Lipinski definition) is 0. The second-order valence-electron chi connectivity index (χ2n) is 9.60. The summed E-state index contributed by atoms with van der Waals surface area (Å²) in [5.74, 6) is 2.99. The van der Waals surface area contributed by atoms with Gasteiger partial charge in [0, 0.05) is 25.4 Å². The summed E-state index contributed by atoms with van der Waals surface area (Å²) < 4.78 is 11.1. The quantitative estimate of drug-likeness (QED) is 0.784. The van der Waals surface area contributed by atoms with Crippen LogP contribution >= 0.6 is 0 Å². The molecule has 0 N–H and O–H groups in total. The van der Waals surface area contributed by atoms with Crippen molar-refractivity contribution in [1.29, 1.82) is 0 Å². The van der Waals surface area contributed by atoms with Gasteiger partial charge in [-0.25, -0.2) is 0 Å².